The number of hydrogen-bond donors (Lipinski definition) is 2. The molecule has 0 unspecified atom stereocenters. The minimum absolute atomic E-state index is 0.0696. The van der Waals surface area contributed by atoms with Crippen LogP contribution < -0.4 is 5.32 Å². The Labute approximate surface area is 140 Å². The molecule has 2 N–H and O–H groups in total. The molecule has 128 valence electrons. The summed E-state index contributed by atoms with van der Waals surface area (Å²) >= 11 is 0. The van der Waals surface area contributed by atoms with Crippen molar-refractivity contribution >= 4 is 14.2 Å². The smallest absolute Gasteiger partial charge is 0.251 e. The highest BCUT2D eigenvalue weighted by atomic mass is 28.4. The first-order chi connectivity index (χ1) is 10.6. The lowest BCUT2D eigenvalue weighted by Crippen LogP contribution is -2.50. The van der Waals surface area contributed by atoms with E-state index in [1.165, 1.54) is 6.08 Å². The Morgan fingerprint density at radius 3 is 2.39 bits per heavy atom. The van der Waals surface area contributed by atoms with E-state index in [4.69, 9.17) is 4.43 Å². The van der Waals surface area contributed by atoms with E-state index in [0.29, 0.717) is 5.56 Å². The van der Waals surface area contributed by atoms with Gasteiger partial charge in [-0.1, -0.05) is 45.0 Å². The quantitative estimate of drug-likeness (QED) is 0.593. The molecule has 0 bridgehead atoms. The first kappa shape index (κ1) is 19.6. The zero-order valence-corrected chi connectivity index (χ0v) is 15.8. The highest BCUT2D eigenvalue weighted by Crippen LogP contribution is 2.36. The molecule has 0 aliphatic carbocycles. The van der Waals surface area contributed by atoms with E-state index >= 15 is 0 Å². The predicted molar refractivity (Wildman–Crippen MR) is 97.0 cm³/mol. The number of hydrogen-bond acceptors (Lipinski definition) is 3. The standard InChI is InChI=1S/C18H29NO3Si/c1-7-16(20)15(13-22-23(5,6)18(2,3)4)19-17(21)14-11-9-8-10-12-14/h7-12,15-16,20H,1,13H2,2-6H3,(H,19,21)/t15-,16-/m0/s1. The summed E-state index contributed by atoms with van der Waals surface area (Å²) < 4.78 is 6.13. The third kappa shape index (κ3) is 5.60. The van der Waals surface area contributed by atoms with Crippen molar-refractivity contribution in [2.75, 3.05) is 6.61 Å². The Morgan fingerprint density at radius 2 is 1.91 bits per heavy atom. The van der Waals surface area contributed by atoms with Crippen LogP contribution in [0.2, 0.25) is 18.1 Å². The van der Waals surface area contributed by atoms with Gasteiger partial charge in [0.15, 0.2) is 8.32 Å². The predicted octanol–water partition coefficient (Wildman–Crippen LogP) is 3.35. The zero-order valence-electron chi connectivity index (χ0n) is 14.8. The number of amides is 1. The molecule has 0 fully saturated rings. The lowest BCUT2D eigenvalue weighted by Gasteiger charge is -2.37. The van der Waals surface area contributed by atoms with Crippen LogP contribution in [0, 0.1) is 0 Å². The molecule has 0 saturated carbocycles. The molecule has 1 amide bonds. The first-order valence-corrected chi connectivity index (χ1v) is 10.8. The molecule has 1 aromatic carbocycles. The number of rotatable bonds is 7. The minimum Gasteiger partial charge on any atom is -0.415 e. The fourth-order valence-electron chi connectivity index (χ4n) is 1.75. The molecule has 1 aromatic rings. The molecular formula is C18H29NO3Si. The summed E-state index contributed by atoms with van der Waals surface area (Å²) in [5.41, 5.74) is 0.557. The van der Waals surface area contributed by atoms with Crippen molar-refractivity contribution in [3.63, 3.8) is 0 Å². The van der Waals surface area contributed by atoms with Gasteiger partial charge in [-0.05, 0) is 30.3 Å². The monoisotopic (exact) mass is 335 g/mol. The van der Waals surface area contributed by atoms with Gasteiger partial charge in [0, 0.05) is 5.56 Å². The summed E-state index contributed by atoms with van der Waals surface area (Å²) in [5.74, 6) is -0.227. The van der Waals surface area contributed by atoms with Crippen LogP contribution in [0.3, 0.4) is 0 Å². The summed E-state index contributed by atoms with van der Waals surface area (Å²) in [4.78, 5) is 12.3. The molecule has 0 heterocycles. The van der Waals surface area contributed by atoms with E-state index in [-0.39, 0.29) is 17.6 Å². The van der Waals surface area contributed by atoms with Gasteiger partial charge in [-0.3, -0.25) is 4.79 Å². The number of benzene rings is 1. The molecule has 5 heteroatoms. The van der Waals surface area contributed by atoms with Crippen molar-refractivity contribution in [2.45, 2.75) is 51.0 Å². The fraction of sp³-hybridized carbons (Fsp3) is 0.500. The van der Waals surface area contributed by atoms with Gasteiger partial charge in [-0.25, -0.2) is 0 Å². The molecule has 2 atom stereocenters. The van der Waals surface area contributed by atoms with Crippen molar-refractivity contribution in [1.29, 1.82) is 0 Å². The summed E-state index contributed by atoms with van der Waals surface area (Å²) in [7, 11) is -1.95. The van der Waals surface area contributed by atoms with Gasteiger partial charge >= 0.3 is 0 Å². The molecule has 0 saturated heterocycles. The van der Waals surface area contributed by atoms with Crippen molar-refractivity contribution in [2.24, 2.45) is 0 Å². The van der Waals surface area contributed by atoms with Crippen molar-refractivity contribution in [3.05, 3.63) is 48.6 Å². The second-order valence-electron chi connectivity index (χ2n) is 7.24. The van der Waals surface area contributed by atoms with Crippen molar-refractivity contribution in [3.8, 4) is 0 Å². The Morgan fingerprint density at radius 1 is 1.35 bits per heavy atom. The van der Waals surface area contributed by atoms with Crippen LogP contribution in [0.15, 0.2) is 43.0 Å². The molecule has 0 aliphatic heterocycles. The van der Waals surface area contributed by atoms with Crippen molar-refractivity contribution in [1.82, 2.24) is 5.32 Å². The van der Waals surface area contributed by atoms with Gasteiger partial charge in [0.25, 0.3) is 5.91 Å². The average Bonchev–Trinajstić information content (AvgIpc) is 2.50. The van der Waals surface area contributed by atoms with Gasteiger partial charge in [-0.15, -0.1) is 6.58 Å². The van der Waals surface area contributed by atoms with Gasteiger partial charge in [-0.2, -0.15) is 0 Å². The van der Waals surface area contributed by atoms with E-state index in [1.54, 1.807) is 24.3 Å². The zero-order chi connectivity index (χ0) is 17.7. The number of nitrogens with one attached hydrogen (secondary N) is 1. The van der Waals surface area contributed by atoms with Crippen LogP contribution in [0.1, 0.15) is 31.1 Å². The van der Waals surface area contributed by atoms with E-state index in [9.17, 15) is 9.90 Å². The molecule has 0 aromatic heterocycles. The van der Waals surface area contributed by atoms with Crippen LogP contribution in [0.25, 0.3) is 0 Å². The number of aliphatic hydroxyl groups is 1. The van der Waals surface area contributed by atoms with Gasteiger partial charge in [0.2, 0.25) is 0 Å². The Balaban J connectivity index is 2.78. The lowest BCUT2D eigenvalue weighted by molar-refractivity contribution is 0.0821. The molecule has 23 heavy (non-hydrogen) atoms. The third-order valence-electron chi connectivity index (χ3n) is 4.44. The molecular weight excluding hydrogens is 306 g/mol. The molecule has 0 aliphatic rings. The maximum Gasteiger partial charge on any atom is 0.251 e. The summed E-state index contributed by atoms with van der Waals surface area (Å²) in [5, 5.41) is 13.0. The van der Waals surface area contributed by atoms with Gasteiger partial charge < -0.3 is 14.8 Å². The molecule has 4 nitrogen and oxygen atoms in total. The SMILES string of the molecule is C=C[C@H](O)[C@H](CO[Si](C)(C)C(C)(C)C)NC(=O)c1ccccc1. The van der Waals surface area contributed by atoms with Gasteiger partial charge in [0.1, 0.15) is 0 Å². The normalized spacial score (nSPS) is 14.9. The van der Waals surface area contributed by atoms with Crippen LogP contribution >= 0.6 is 0 Å². The van der Waals surface area contributed by atoms with Crippen molar-refractivity contribution < 1.29 is 14.3 Å². The topological polar surface area (TPSA) is 58.6 Å². The maximum atomic E-state index is 12.3. The number of carbonyl (C=O) groups excluding carboxylic acids is 1. The van der Waals surface area contributed by atoms with Crippen LogP contribution in [0.4, 0.5) is 0 Å². The fourth-order valence-corrected chi connectivity index (χ4v) is 2.78. The lowest BCUT2D eigenvalue weighted by atomic mass is 10.1. The van der Waals surface area contributed by atoms with E-state index < -0.39 is 20.5 Å². The van der Waals surface area contributed by atoms with Crippen LogP contribution in [0.5, 0.6) is 0 Å². The largest absolute Gasteiger partial charge is 0.415 e. The third-order valence-corrected chi connectivity index (χ3v) is 8.94. The highest BCUT2D eigenvalue weighted by molar-refractivity contribution is 6.74. The Kier molecular flexibility index (Phi) is 6.74. The summed E-state index contributed by atoms with van der Waals surface area (Å²) in [6, 6.07) is 8.42. The highest BCUT2D eigenvalue weighted by Gasteiger charge is 2.38. The summed E-state index contributed by atoms with van der Waals surface area (Å²) in [6.07, 6.45) is 0.567. The van der Waals surface area contributed by atoms with Crippen LogP contribution in [-0.2, 0) is 4.43 Å². The first-order valence-electron chi connectivity index (χ1n) is 7.89. The Hall–Kier alpha value is -1.43. The molecule has 0 radical (unpaired) electrons. The number of carbonyl (C=O) groups is 1. The van der Waals surface area contributed by atoms with E-state index in [1.807, 2.05) is 6.07 Å². The summed E-state index contributed by atoms with van der Waals surface area (Å²) in [6.45, 7) is 14.6. The molecule has 1 rings (SSSR count). The van der Waals surface area contributed by atoms with E-state index in [2.05, 4.69) is 45.8 Å². The number of aliphatic hydroxyl groups excluding tert-OH is 1. The maximum absolute atomic E-state index is 12.3. The second kappa shape index (κ2) is 7.90. The second-order valence-corrected chi connectivity index (χ2v) is 12.1. The van der Waals surface area contributed by atoms with E-state index in [0.717, 1.165) is 0 Å². The average molecular weight is 336 g/mol. The minimum atomic E-state index is -1.95. The Bertz CT molecular complexity index is 523. The van der Waals surface area contributed by atoms with Gasteiger partial charge in [0.05, 0.1) is 18.8 Å². The molecule has 0 spiro atoms. The van der Waals surface area contributed by atoms with Crippen LogP contribution in [-0.4, -0.2) is 38.1 Å².